The van der Waals surface area contributed by atoms with Gasteiger partial charge in [0.05, 0.1) is 22.4 Å². The summed E-state index contributed by atoms with van der Waals surface area (Å²) in [7, 11) is 1.32. The van der Waals surface area contributed by atoms with E-state index < -0.39 is 47.9 Å². The number of nitrogens with zero attached hydrogens (tertiary/aromatic N) is 4. The minimum absolute atomic E-state index is 0.0638. The zero-order valence-corrected chi connectivity index (χ0v) is 27.5. The highest BCUT2D eigenvalue weighted by Gasteiger charge is 2.37. The zero-order valence-electron chi connectivity index (χ0n) is 27.5. The highest BCUT2D eigenvalue weighted by atomic mass is 19.4. The van der Waals surface area contributed by atoms with Crippen LogP contribution in [0.3, 0.4) is 0 Å². The summed E-state index contributed by atoms with van der Waals surface area (Å²) in [5, 5.41) is 20.8. The first-order valence-electron chi connectivity index (χ1n) is 15.4. The van der Waals surface area contributed by atoms with Gasteiger partial charge >= 0.3 is 24.3 Å². The summed E-state index contributed by atoms with van der Waals surface area (Å²) >= 11 is 0. The van der Waals surface area contributed by atoms with Crippen LogP contribution in [-0.2, 0) is 28.5 Å². The first-order valence-corrected chi connectivity index (χ1v) is 15.4. The van der Waals surface area contributed by atoms with Gasteiger partial charge in [0.25, 0.3) is 5.91 Å². The predicted molar refractivity (Wildman–Crippen MR) is 176 cm³/mol. The van der Waals surface area contributed by atoms with Crippen molar-refractivity contribution < 1.29 is 50.9 Å². The van der Waals surface area contributed by atoms with Crippen LogP contribution in [0, 0.1) is 0 Å². The summed E-state index contributed by atoms with van der Waals surface area (Å²) in [4.78, 5) is 45.3. The molecule has 0 unspecified atom stereocenters. The van der Waals surface area contributed by atoms with Crippen molar-refractivity contribution >= 4 is 34.6 Å². The molecule has 2 heterocycles. The van der Waals surface area contributed by atoms with Crippen LogP contribution < -0.4 is 10.2 Å². The Morgan fingerprint density at radius 2 is 1.43 bits per heavy atom. The molecule has 1 aromatic heterocycles. The fourth-order valence-electron chi connectivity index (χ4n) is 5.61. The van der Waals surface area contributed by atoms with Crippen molar-refractivity contribution in [3.05, 3.63) is 101 Å². The number of carboxylic acid groups (broad SMARTS) is 2. The van der Waals surface area contributed by atoms with E-state index in [0.29, 0.717) is 54.6 Å². The van der Waals surface area contributed by atoms with Crippen molar-refractivity contribution in [3.8, 4) is 11.3 Å². The van der Waals surface area contributed by atoms with Crippen LogP contribution in [0.1, 0.15) is 40.9 Å². The third-order valence-corrected chi connectivity index (χ3v) is 7.67. The summed E-state index contributed by atoms with van der Waals surface area (Å²) in [6.45, 7) is 4.83. The monoisotopic (exact) mass is 717 g/mol. The Morgan fingerprint density at radius 1 is 0.882 bits per heavy atom. The number of carboxylic acids is 2. The highest BCUT2D eigenvalue weighted by molar-refractivity contribution is 6.04. The van der Waals surface area contributed by atoms with E-state index in [9.17, 15) is 40.7 Å². The molecule has 5 rings (SSSR count). The van der Waals surface area contributed by atoms with Gasteiger partial charge < -0.3 is 25.3 Å². The van der Waals surface area contributed by atoms with Crippen LogP contribution >= 0.6 is 0 Å². The second-order valence-electron chi connectivity index (χ2n) is 11.9. The Balaban J connectivity index is 0.000000652. The summed E-state index contributed by atoms with van der Waals surface area (Å²) in [6.07, 6.45) is -7.50. The first kappa shape index (κ1) is 38.3. The van der Waals surface area contributed by atoms with E-state index in [0.717, 1.165) is 15.7 Å². The van der Waals surface area contributed by atoms with E-state index in [1.165, 1.54) is 13.2 Å². The van der Waals surface area contributed by atoms with Gasteiger partial charge in [0.1, 0.15) is 0 Å². The van der Waals surface area contributed by atoms with Crippen LogP contribution in [0.4, 0.5) is 32.3 Å². The maximum atomic E-state index is 13.8. The second kappa shape index (κ2) is 15.6. The molecule has 3 N–H and O–H groups in total. The average molecular weight is 718 g/mol. The number of hydrogen-bond acceptors (Lipinski definition) is 7. The number of carbonyl (C=O) groups is 3. The molecule has 1 amide bonds. The minimum atomic E-state index is -5.00. The molecule has 51 heavy (non-hydrogen) atoms. The van der Waals surface area contributed by atoms with Crippen LogP contribution in [-0.4, -0.2) is 75.1 Å². The maximum absolute atomic E-state index is 13.8. The van der Waals surface area contributed by atoms with Gasteiger partial charge in [0.2, 0.25) is 5.95 Å². The van der Waals surface area contributed by atoms with Gasteiger partial charge in [-0.2, -0.15) is 26.3 Å². The van der Waals surface area contributed by atoms with E-state index >= 15 is 0 Å². The molecule has 2 atom stereocenters. The predicted octanol–water partition coefficient (Wildman–Crippen LogP) is 6.51. The lowest BCUT2D eigenvalue weighted by Crippen LogP contribution is -2.54. The Labute approximate surface area is 288 Å². The van der Waals surface area contributed by atoms with Gasteiger partial charge in [-0.15, -0.1) is 0 Å². The molecule has 0 radical (unpaired) electrons. The number of amides is 1. The fraction of sp³-hybridized carbons (Fsp3) is 0.286. The third-order valence-electron chi connectivity index (χ3n) is 7.67. The lowest BCUT2D eigenvalue weighted by atomic mass is 9.99. The molecule has 1 aliphatic heterocycles. The van der Waals surface area contributed by atoms with E-state index in [4.69, 9.17) is 15.2 Å². The van der Waals surface area contributed by atoms with Crippen LogP contribution in [0.2, 0.25) is 0 Å². The van der Waals surface area contributed by atoms with E-state index in [-0.39, 0.29) is 29.3 Å². The Morgan fingerprint density at radius 3 is 1.98 bits per heavy atom. The van der Waals surface area contributed by atoms with Crippen molar-refractivity contribution in [1.82, 2.24) is 20.2 Å². The minimum Gasteiger partial charge on any atom is -0.478 e. The molecule has 0 bridgehead atoms. The number of hydrogen-bond donors (Lipinski definition) is 3. The number of fused-ring (bicyclic) bond motifs is 1. The molecule has 16 heteroatoms. The third kappa shape index (κ3) is 10.0. The number of aliphatic carboxylic acids is 2. The maximum Gasteiger partial charge on any atom is 0.416 e. The fourth-order valence-corrected chi connectivity index (χ4v) is 5.61. The standard InChI is InChI=1S/C31H29F6N5O.C4H4O4/c1-18-15-42(16-19(2)39-18)29-38-14-26(27(40-29)25-10-6-8-21-7-4-5-9-24(21)25)28(43)41(3)17-20-11-22(30(32,33)34)13-23(12-20)31(35,36)37;5-3(6)1-2-4(7)8/h4-14,18-19,39H,15-17H2,1-3H3;1-2H,(H,5,6)(H,7,8)/b;2-1+/t18-,19+;. The van der Waals surface area contributed by atoms with Crippen molar-refractivity contribution in [2.75, 3.05) is 25.0 Å². The van der Waals surface area contributed by atoms with Crippen molar-refractivity contribution in [2.24, 2.45) is 0 Å². The highest BCUT2D eigenvalue weighted by Crippen LogP contribution is 2.37. The van der Waals surface area contributed by atoms with Crippen molar-refractivity contribution in [2.45, 2.75) is 44.8 Å². The smallest absolute Gasteiger partial charge is 0.416 e. The van der Waals surface area contributed by atoms with Gasteiger partial charge in [-0.05, 0) is 48.4 Å². The molecule has 1 aliphatic rings. The molecular formula is C35H33F6N5O5. The molecule has 1 fully saturated rings. The lowest BCUT2D eigenvalue weighted by molar-refractivity contribution is -0.143. The zero-order chi connectivity index (χ0) is 37.7. The molecule has 10 nitrogen and oxygen atoms in total. The molecule has 0 spiro atoms. The van der Waals surface area contributed by atoms with E-state index in [1.807, 2.05) is 61.2 Å². The van der Waals surface area contributed by atoms with E-state index in [1.54, 1.807) is 0 Å². The Kier molecular flexibility index (Phi) is 11.7. The largest absolute Gasteiger partial charge is 0.478 e. The number of alkyl halides is 6. The number of rotatable bonds is 7. The summed E-state index contributed by atoms with van der Waals surface area (Å²) in [5.41, 5.74) is -2.16. The number of halogens is 6. The molecule has 0 saturated carbocycles. The topological polar surface area (TPSA) is 136 Å². The van der Waals surface area contributed by atoms with E-state index in [2.05, 4.69) is 10.3 Å². The van der Waals surface area contributed by atoms with Gasteiger partial charge in [-0.1, -0.05) is 42.5 Å². The number of benzene rings is 3. The quantitative estimate of drug-likeness (QED) is 0.145. The first-order chi connectivity index (χ1) is 23.8. The number of nitrogens with one attached hydrogen (secondary N) is 1. The SMILES string of the molecule is C[C@@H]1CN(c2ncc(C(=O)N(C)Cc3cc(C(F)(F)F)cc(C(F)(F)F)c3)c(-c3cccc4ccccc34)n2)C[C@H](C)N1.O=C(O)/C=C/C(=O)O. The Hall–Kier alpha value is -5.51. The van der Waals surface area contributed by atoms with Gasteiger partial charge in [0, 0.05) is 62.7 Å². The number of anilines is 1. The summed E-state index contributed by atoms with van der Waals surface area (Å²) in [5.74, 6) is -2.75. The normalized spacial score (nSPS) is 16.5. The Bertz CT molecular complexity index is 1890. The number of aromatic nitrogens is 2. The molecule has 4 aromatic rings. The van der Waals surface area contributed by atoms with Crippen LogP contribution in [0.15, 0.2) is 79.0 Å². The number of carbonyl (C=O) groups excluding carboxylic acids is 1. The summed E-state index contributed by atoms with van der Waals surface area (Å²) in [6, 6.07) is 14.7. The second-order valence-corrected chi connectivity index (χ2v) is 11.9. The van der Waals surface area contributed by atoms with Gasteiger partial charge in [-0.25, -0.2) is 19.6 Å². The number of piperazine rings is 1. The molecule has 1 saturated heterocycles. The van der Waals surface area contributed by atoms with Crippen molar-refractivity contribution in [3.63, 3.8) is 0 Å². The van der Waals surface area contributed by atoms with Gasteiger partial charge in [-0.3, -0.25) is 4.79 Å². The lowest BCUT2D eigenvalue weighted by Gasteiger charge is -2.36. The molecular weight excluding hydrogens is 684 g/mol. The van der Waals surface area contributed by atoms with Crippen LogP contribution in [0.5, 0.6) is 0 Å². The molecule has 270 valence electrons. The van der Waals surface area contributed by atoms with Crippen LogP contribution in [0.25, 0.3) is 22.0 Å². The average Bonchev–Trinajstić information content (AvgIpc) is 3.05. The molecule has 3 aromatic carbocycles. The van der Waals surface area contributed by atoms with Crippen molar-refractivity contribution in [1.29, 1.82) is 0 Å². The molecule has 0 aliphatic carbocycles. The van der Waals surface area contributed by atoms with Gasteiger partial charge in [0.15, 0.2) is 0 Å². The summed E-state index contributed by atoms with van der Waals surface area (Å²) < 4.78 is 80.6.